The van der Waals surface area contributed by atoms with Crippen molar-refractivity contribution < 1.29 is 0 Å². The zero-order valence-electron chi connectivity index (χ0n) is 16.9. The van der Waals surface area contributed by atoms with Crippen molar-refractivity contribution in [2.24, 2.45) is 11.1 Å². The van der Waals surface area contributed by atoms with Gasteiger partial charge in [0.25, 0.3) is 0 Å². The van der Waals surface area contributed by atoms with E-state index < -0.39 is 0 Å². The molecule has 0 saturated carbocycles. The van der Waals surface area contributed by atoms with Gasteiger partial charge in [0.15, 0.2) is 0 Å². The average molecular weight is 473 g/mol. The van der Waals surface area contributed by atoms with E-state index >= 15 is 0 Å². The van der Waals surface area contributed by atoms with Crippen molar-refractivity contribution in [3.05, 3.63) is 17.7 Å². The lowest BCUT2D eigenvalue weighted by Gasteiger charge is -2.22. The highest BCUT2D eigenvalue weighted by Gasteiger charge is 2.22. The molecule has 2 heterocycles. The largest absolute Gasteiger partial charge is 0.371 e. The molecule has 0 fully saturated rings. The first-order chi connectivity index (χ1) is 12.1. The summed E-state index contributed by atoms with van der Waals surface area (Å²) in [5, 5.41) is 3.56. The maximum atomic E-state index is 5.86. The summed E-state index contributed by atoms with van der Waals surface area (Å²) in [5.41, 5.74) is 10.6. The van der Waals surface area contributed by atoms with Crippen molar-refractivity contribution >= 4 is 40.2 Å². The summed E-state index contributed by atoms with van der Waals surface area (Å²) in [5.74, 6) is 2.19. The van der Waals surface area contributed by atoms with Crippen LogP contribution in [-0.4, -0.2) is 44.2 Å². The number of halogens is 1. The van der Waals surface area contributed by atoms with Gasteiger partial charge in [0.1, 0.15) is 5.82 Å². The van der Waals surface area contributed by atoms with Crippen LogP contribution in [0.25, 0.3) is 11.4 Å². The first-order valence-corrected chi connectivity index (χ1v) is 10.3. The van der Waals surface area contributed by atoms with Gasteiger partial charge >= 0.3 is 0 Å². The molecule has 0 bridgehead atoms. The number of aromatic amines is 2. The molecule has 2 rings (SSSR count). The van der Waals surface area contributed by atoms with Crippen LogP contribution in [0, 0.1) is 5.41 Å². The second-order valence-electron chi connectivity index (χ2n) is 8.54. The predicted molar refractivity (Wildman–Crippen MR) is 123 cm³/mol. The third-order valence-corrected chi connectivity index (χ3v) is 5.49. The number of hydrogen-bond donors (Lipinski definition) is 5. The number of quaternary nitrogens is 1. The molecule has 0 aliphatic heterocycles. The van der Waals surface area contributed by atoms with Gasteiger partial charge in [-0.15, -0.1) is 0 Å². The van der Waals surface area contributed by atoms with Crippen LogP contribution >= 0.6 is 22.9 Å². The van der Waals surface area contributed by atoms with Crippen molar-refractivity contribution in [2.45, 2.75) is 33.6 Å². The highest BCUT2D eigenvalue weighted by atomic mass is 127. The molecule has 26 heavy (non-hydrogen) atoms. The van der Waals surface area contributed by atoms with Gasteiger partial charge < -0.3 is 24.5 Å². The fraction of sp³-hybridized carbons (Fsp3) is 0.579. The van der Waals surface area contributed by atoms with Gasteiger partial charge in [0.2, 0.25) is 5.82 Å². The summed E-state index contributed by atoms with van der Waals surface area (Å²) >= 11 is 2.19. The summed E-state index contributed by atoms with van der Waals surface area (Å²) in [6.07, 6.45) is 1.97. The van der Waals surface area contributed by atoms with Gasteiger partial charge in [0, 0.05) is 12.6 Å². The van der Waals surface area contributed by atoms with E-state index in [-0.39, 0.29) is 5.41 Å². The minimum absolute atomic E-state index is 0.261. The number of nitrogens with one attached hydrogen (secondary N) is 4. The molecule has 0 spiro atoms. The molecular formula is C19H34IN6+. The van der Waals surface area contributed by atoms with Gasteiger partial charge in [0.05, 0.1) is 61.1 Å². The standard InChI is InChI=1S/C19H34IN6/c1-7-19(2,3)12-22-15-10-13(8-9-21)17(23-15)18-14(25-20)11-16(24-18)26(4,5)6/h10-11,22-25H,7-9,12,21H2,1-6H3/q+1. The molecule has 0 radical (unpaired) electrons. The van der Waals surface area contributed by atoms with Gasteiger partial charge in [-0.1, -0.05) is 20.8 Å². The molecule has 0 aliphatic rings. The van der Waals surface area contributed by atoms with E-state index in [4.69, 9.17) is 5.73 Å². The SMILES string of the molecule is CCC(C)(C)CNc1cc(CCN)c(-c2[nH]c([N+](C)(C)C)cc2NI)[nH]1. The Morgan fingerprint density at radius 2 is 1.85 bits per heavy atom. The van der Waals surface area contributed by atoms with Crippen LogP contribution in [0.3, 0.4) is 0 Å². The Labute approximate surface area is 171 Å². The third kappa shape index (κ3) is 4.95. The van der Waals surface area contributed by atoms with Crippen molar-refractivity contribution in [3.63, 3.8) is 0 Å². The lowest BCUT2D eigenvalue weighted by atomic mass is 9.90. The number of aromatic nitrogens is 2. The second-order valence-corrected chi connectivity index (χ2v) is 9.08. The van der Waals surface area contributed by atoms with E-state index in [9.17, 15) is 0 Å². The minimum atomic E-state index is 0.261. The number of hydrogen-bond acceptors (Lipinski definition) is 3. The summed E-state index contributed by atoms with van der Waals surface area (Å²) in [4.78, 5) is 7.16. The fourth-order valence-electron chi connectivity index (χ4n) is 2.70. The van der Waals surface area contributed by atoms with Crippen molar-refractivity contribution in [1.82, 2.24) is 14.5 Å². The van der Waals surface area contributed by atoms with Crippen LogP contribution in [-0.2, 0) is 6.42 Å². The molecular weight excluding hydrogens is 439 g/mol. The first kappa shape index (κ1) is 21.1. The Balaban J connectivity index is 2.40. The number of nitrogens with zero attached hydrogens (tertiary/aromatic N) is 1. The van der Waals surface area contributed by atoms with E-state index in [0.717, 1.165) is 52.6 Å². The second kappa shape index (κ2) is 8.22. The van der Waals surface area contributed by atoms with Crippen LogP contribution in [0.5, 0.6) is 0 Å². The Morgan fingerprint density at radius 3 is 2.38 bits per heavy atom. The van der Waals surface area contributed by atoms with Crippen molar-refractivity contribution in [1.29, 1.82) is 0 Å². The third-order valence-electron chi connectivity index (χ3n) is 4.91. The van der Waals surface area contributed by atoms with Crippen LogP contribution in [0.15, 0.2) is 12.1 Å². The Morgan fingerprint density at radius 1 is 1.15 bits per heavy atom. The zero-order valence-corrected chi connectivity index (χ0v) is 19.0. The van der Waals surface area contributed by atoms with E-state index in [2.05, 4.69) is 95.7 Å². The molecule has 146 valence electrons. The monoisotopic (exact) mass is 473 g/mol. The van der Waals surface area contributed by atoms with E-state index in [1.54, 1.807) is 0 Å². The molecule has 6 N–H and O–H groups in total. The topological polar surface area (TPSA) is 81.7 Å². The lowest BCUT2D eigenvalue weighted by molar-refractivity contribution is 0.376. The van der Waals surface area contributed by atoms with Gasteiger partial charge in [-0.25, -0.2) is 0 Å². The quantitative estimate of drug-likeness (QED) is 0.214. The molecule has 2 aromatic rings. The Bertz CT molecular complexity index is 723. The molecule has 6 nitrogen and oxygen atoms in total. The first-order valence-electron chi connectivity index (χ1n) is 9.19. The van der Waals surface area contributed by atoms with Crippen LogP contribution < -0.4 is 19.1 Å². The molecule has 0 saturated heterocycles. The highest BCUT2D eigenvalue weighted by Crippen LogP contribution is 2.36. The predicted octanol–water partition coefficient (Wildman–Crippen LogP) is 4.32. The molecule has 0 aliphatic carbocycles. The Kier molecular flexibility index (Phi) is 6.68. The van der Waals surface area contributed by atoms with E-state index in [1.165, 1.54) is 5.56 Å². The molecule has 7 heteroatoms. The number of rotatable bonds is 9. The highest BCUT2D eigenvalue weighted by molar-refractivity contribution is 14.1. The van der Waals surface area contributed by atoms with Crippen LogP contribution in [0.2, 0.25) is 0 Å². The lowest BCUT2D eigenvalue weighted by Crippen LogP contribution is -2.35. The summed E-state index contributed by atoms with van der Waals surface area (Å²) in [7, 11) is 6.46. The fourth-order valence-corrected chi connectivity index (χ4v) is 3.13. The number of H-pyrrole nitrogens is 2. The maximum Gasteiger partial charge on any atom is 0.207 e. The minimum Gasteiger partial charge on any atom is -0.371 e. The summed E-state index contributed by atoms with van der Waals surface area (Å²) < 4.78 is 4.02. The maximum absolute atomic E-state index is 5.86. The Hall–Kier alpha value is -1.19. The summed E-state index contributed by atoms with van der Waals surface area (Å²) in [6, 6.07) is 4.36. The summed E-state index contributed by atoms with van der Waals surface area (Å²) in [6.45, 7) is 8.34. The van der Waals surface area contributed by atoms with Crippen molar-refractivity contribution in [3.8, 4) is 11.4 Å². The molecule has 0 atom stereocenters. The molecule has 0 aromatic carbocycles. The number of anilines is 2. The normalized spacial score (nSPS) is 12.5. The van der Waals surface area contributed by atoms with Gasteiger partial charge in [-0.05, 0) is 36.4 Å². The van der Waals surface area contributed by atoms with E-state index in [1.807, 2.05) is 0 Å². The smallest absolute Gasteiger partial charge is 0.207 e. The molecule has 0 amide bonds. The average Bonchev–Trinajstić information content (AvgIpc) is 3.16. The van der Waals surface area contributed by atoms with Crippen molar-refractivity contribution in [2.75, 3.05) is 43.1 Å². The van der Waals surface area contributed by atoms with E-state index in [0.29, 0.717) is 6.54 Å². The van der Waals surface area contributed by atoms with Crippen LogP contribution in [0.4, 0.5) is 17.3 Å². The van der Waals surface area contributed by atoms with Crippen LogP contribution in [0.1, 0.15) is 32.8 Å². The zero-order chi connectivity index (χ0) is 19.5. The van der Waals surface area contributed by atoms with Gasteiger partial charge in [-0.3, -0.25) is 4.48 Å². The number of nitrogens with two attached hydrogens (primary N) is 1. The molecule has 0 unspecified atom stereocenters. The molecule has 2 aromatic heterocycles. The van der Waals surface area contributed by atoms with Gasteiger partial charge in [-0.2, -0.15) is 0 Å².